The Kier molecular flexibility index (Phi) is 5.39. The number of hydrogen-bond donors (Lipinski definition) is 2. The van der Waals surface area contributed by atoms with Crippen LogP contribution < -0.4 is 15.5 Å². The Bertz CT molecular complexity index is 996. The number of amides is 1. The van der Waals surface area contributed by atoms with Crippen molar-refractivity contribution in [3.8, 4) is 0 Å². The summed E-state index contributed by atoms with van der Waals surface area (Å²) in [7, 11) is 0. The topological polar surface area (TPSA) is 105 Å². The van der Waals surface area contributed by atoms with Crippen LogP contribution in [0.5, 0.6) is 0 Å². The Hall–Kier alpha value is -3.46. The monoisotopic (exact) mass is 394 g/mol. The molecule has 29 heavy (non-hydrogen) atoms. The molecule has 0 bridgehead atoms. The fourth-order valence-electron chi connectivity index (χ4n) is 3.02. The zero-order valence-electron chi connectivity index (χ0n) is 16.3. The van der Waals surface area contributed by atoms with Crippen LogP contribution in [0.15, 0.2) is 40.9 Å². The van der Waals surface area contributed by atoms with E-state index >= 15 is 0 Å². The standard InChI is InChI=1S/C20H22N6O3/c1-13-11-17(25-29-13)20(27)24-16-5-3-15(4-6-16)23-18-12-19(22-14(2)21-18)26-7-9-28-10-8-26/h3-6,11-12H,7-10H2,1-2H3,(H,24,27)(H,21,22,23). The average Bonchev–Trinajstić information content (AvgIpc) is 3.16. The Balaban J connectivity index is 1.43. The van der Waals surface area contributed by atoms with Gasteiger partial charge in [-0.05, 0) is 38.1 Å². The second-order valence-electron chi connectivity index (χ2n) is 6.74. The number of carbonyl (C=O) groups excluding carboxylic acids is 1. The molecule has 0 spiro atoms. The van der Waals surface area contributed by atoms with E-state index in [2.05, 4.69) is 30.7 Å². The van der Waals surface area contributed by atoms with E-state index in [1.807, 2.05) is 37.3 Å². The van der Waals surface area contributed by atoms with Gasteiger partial charge in [0.1, 0.15) is 23.2 Å². The quantitative estimate of drug-likeness (QED) is 0.680. The molecule has 1 amide bonds. The fourth-order valence-corrected chi connectivity index (χ4v) is 3.02. The molecule has 9 nitrogen and oxygen atoms in total. The van der Waals surface area contributed by atoms with Crippen molar-refractivity contribution in [2.24, 2.45) is 0 Å². The van der Waals surface area contributed by atoms with Crippen molar-refractivity contribution in [1.29, 1.82) is 0 Å². The maximum atomic E-state index is 12.1. The van der Waals surface area contributed by atoms with E-state index in [-0.39, 0.29) is 11.6 Å². The number of aromatic nitrogens is 3. The van der Waals surface area contributed by atoms with Gasteiger partial charge in [0.2, 0.25) is 0 Å². The van der Waals surface area contributed by atoms with Gasteiger partial charge in [0.25, 0.3) is 5.91 Å². The van der Waals surface area contributed by atoms with Crippen molar-refractivity contribution < 1.29 is 14.1 Å². The number of morpholine rings is 1. The summed E-state index contributed by atoms with van der Waals surface area (Å²) in [4.78, 5) is 23.3. The third kappa shape index (κ3) is 4.69. The molecule has 1 fully saturated rings. The summed E-state index contributed by atoms with van der Waals surface area (Å²) in [5.74, 6) is 2.57. The largest absolute Gasteiger partial charge is 0.378 e. The lowest BCUT2D eigenvalue weighted by atomic mass is 10.2. The third-order valence-electron chi connectivity index (χ3n) is 4.44. The normalized spacial score (nSPS) is 13.9. The zero-order valence-corrected chi connectivity index (χ0v) is 16.3. The number of ether oxygens (including phenoxy) is 1. The third-order valence-corrected chi connectivity index (χ3v) is 4.44. The van der Waals surface area contributed by atoms with Crippen molar-refractivity contribution in [3.05, 3.63) is 53.7 Å². The van der Waals surface area contributed by atoms with Crippen LogP contribution in [0.2, 0.25) is 0 Å². The van der Waals surface area contributed by atoms with Gasteiger partial charge in [-0.15, -0.1) is 0 Å². The van der Waals surface area contributed by atoms with E-state index in [4.69, 9.17) is 9.26 Å². The van der Waals surface area contributed by atoms with Crippen LogP contribution in [-0.2, 0) is 4.74 Å². The molecule has 1 saturated heterocycles. The highest BCUT2D eigenvalue weighted by Gasteiger charge is 2.14. The van der Waals surface area contributed by atoms with E-state index in [1.165, 1.54) is 0 Å². The molecular formula is C20H22N6O3. The maximum Gasteiger partial charge on any atom is 0.277 e. The summed E-state index contributed by atoms with van der Waals surface area (Å²) in [5, 5.41) is 9.80. The molecule has 1 aliphatic rings. The van der Waals surface area contributed by atoms with Gasteiger partial charge < -0.3 is 24.8 Å². The lowest BCUT2D eigenvalue weighted by Gasteiger charge is -2.28. The number of benzene rings is 1. The number of anilines is 4. The summed E-state index contributed by atoms with van der Waals surface area (Å²) in [6.07, 6.45) is 0. The minimum absolute atomic E-state index is 0.247. The second-order valence-corrected chi connectivity index (χ2v) is 6.74. The molecule has 3 heterocycles. The number of nitrogens with zero attached hydrogens (tertiary/aromatic N) is 4. The van der Waals surface area contributed by atoms with Crippen molar-refractivity contribution in [2.75, 3.05) is 41.8 Å². The molecule has 9 heteroatoms. The minimum atomic E-state index is -0.316. The van der Waals surface area contributed by atoms with Crippen LogP contribution in [0, 0.1) is 13.8 Å². The maximum absolute atomic E-state index is 12.1. The number of hydrogen-bond acceptors (Lipinski definition) is 8. The molecule has 0 aliphatic carbocycles. The molecular weight excluding hydrogens is 372 g/mol. The Labute approximate surface area is 168 Å². The van der Waals surface area contributed by atoms with Crippen LogP contribution in [-0.4, -0.2) is 47.3 Å². The van der Waals surface area contributed by atoms with Gasteiger partial charge in [0.15, 0.2) is 5.69 Å². The first kappa shape index (κ1) is 18.9. The van der Waals surface area contributed by atoms with Crippen molar-refractivity contribution in [3.63, 3.8) is 0 Å². The van der Waals surface area contributed by atoms with Gasteiger partial charge in [-0.3, -0.25) is 4.79 Å². The van der Waals surface area contributed by atoms with E-state index in [9.17, 15) is 4.79 Å². The molecule has 0 radical (unpaired) electrons. The van der Waals surface area contributed by atoms with E-state index in [0.717, 1.165) is 24.6 Å². The molecule has 4 rings (SSSR count). The molecule has 1 aromatic carbocycles. The lowest BCUT2D eigenvalue weighted by Crippen LogP contribution is -2.36. The van der Waals surface area contributed by atoms with Gasteiger partial charge in [-0.1, -0.05) is 5.16 Å². The van der Waals surface area contributed by atoms with E-state index in [1.54, 1.807) is 13.0 Å². The van der Waals surface area contributed by atoms with E-state index < -0.39 is 0 Å². The van der Waals surface area contributed by atoms with Gasteiger partial charge in [0, 0.05) is 36.6 Å². The van der Waals surface area contributed by atoms with Gasteiger partial charge in [-0.25, -0.2) is 9.97 Å². The predicted octanol–water partition coefficient (Wildman–Crippen LogP) is 2.91. The Morgan fingerprint density at radius 2 is 1.76 bits per heavy atom. The summed E-state index contributed by atoms with van der Waals surface area (Å²) in [6, 6.07) is 10.9. The van der Waals surface area contributed by atoms with Crippen molar-refractivity contribution in [2.45, 2.75) is 13.8 Å². The number of carbonyl (C=O) groups is 1. The molecule has 2 N–H and O–H groups in total. The highest BCUT2D eigenvalue weighted by atomic mass is 16.5. The SMILES string of the molecule is Cc1nc(Nc2ccc(NC(=O)c3cc(C)on3)cc2)cc(N2CCOCC2)n1. The average molecular weight is 394 g/mol. The van der Waals surface area contributed by atoms with Crippen LogP contribution in [0.4, 0.5) is 23.0 Å². The Morgan fingerprint density at radius 3 is 2.45 bits per heavy atom. The predicted molar refractivity (Wildman–Crippen MR) is 109 cm³/mol. The smallest absolute Gasteiger partial charge is 0.277 e. The van der Waals surface area contributed by atoms with Gasteiger partial charge in [0.05, 0.1) is 13.2 Å². The first-order valence-corrected chi connectivity index (χ1v) is 9.37. The van der Waals surface area contributed by atoms with E-state index in [0.29, 0.717) is 36.3 Å². The summed E-state index contributed by atoms with van der Waals surface area (Å²) < 4.78 is 10.3. The molecule has 0 saturated carbocycles. The molecule has 150 valence electrons. The lowest BCUT2D eigenvalue weighted by molar-refractivity contribution is 0.101. The van der Waals surface area contributed by atoms with Crippen LogP contribution in [0.1, 0.15) is 22.1 Å². The number of aryl methyl sites for hydroxylation is 2. The first-order chi connectivity index (χ1) is 14.1. The number of nitrogens with one attached hydrogen (secondary N) is 2. The molecule has 0 atom stereocenters. The van der Waals surface area contributed by atoms with Gasteiger partial charge in [-0.2, -0.15) is 0 Å². The fraction of sp³-hybridized carbons (Fsp3) is 0.300. The highest BCUT2D eigenvalue weighted by molar-refractivity contribution is 6.02. The number of rotatable bonds is 5. The van der Waals surface area contributed by atoms with Crippen molar-refractivity contribution in [1.82, 2.24) is 15.1 Å². The van der Waals surface area contributed by atoms with Crippen LogP contribution in [0.25, 0.3) is 0 Å². The van der Waals surface area contributed by atoms with Crippen LogP contribution >= 0.6 is 0 Å². The zero-order chi connectivity index (χ0) is 20.2. The minimum Gasteiger partial charge on any atom is -0.378 e. The molecule has 1 aliphatic heterocycles. The highest BCUT2D eigenvalue weighted by Crippen LogP contribution is 2.22. The summed E-state index contributed by atoms with van der Waals surface area (Å²) in [6.45, 7) is 6.65. The van der Waals surface area contributed by atoms with Crippen molar-refractivity contribution >= 4 is 28.9 Å². The summed E-state index contributed by atoms with van der Waals surface area (Å²) in [5.41, 5.74) is 1.76. The second kappa shape index (κ2) is 8.27. The first-order valence-electron chi connectivity index (χ1n) is 9.37. The molecule has 0 unspecified atom stereocenters. The summed E-state index contributed by atoms with van der Waals surface area (Å²) >= 11 is 0. The molecule has 3 aromatic rings. The molecule has 2 aromatic heterocycles. The van der Waals surface area contributed by atoms with Crippen LogP contribution in [0.3, 0.4) is 0 Å². The Morgan fingerprint density at radius 1 is 1.03 bits per heavy atom. The van der Waals surface area contributed by atoms with Gasteiger partial charge >= 0.3 is 0 Å².